The number of halogens is 2. The van der Waals surface area contributed by atoms with E-state index in [1.807, 2.05) is 0 Å². The minimum Gasteiger partial charge on any atom is -0.492 e. The van der Waals surface area contributed by atoms with Gasteiger partial charge >= 0.3 is 0 Å². The molecule has 6 nitrogen and oxygen atoms in total. The van der Waals surface area contributed by atoms with Gasteiger partial charge in [-0.1, -0.05) is 30.1 Å². The van der Waals surface area contributed by atoms with Crippen LogP contribution in [0.15, 0.2) is 41.3 Å². The van der Waals surface area contributed by atoms with E-state index in [1.165, 1.54) is 36.4 Å². The number of rotatable bonds is 7. The van der Waals surface area contributed by atoms with Crippen molar-refractivity contribution in [1.29, 1.82) is 0 Å². The first kappa shape index (κ1) is 20.4. The van der Waals surface area contributed by atoms with Gasteiger partial charge in [-0.15, -0.1) is 0 Å². The Morgan fingerprint density at radius 3 is 2.31 bits per heavy atom. The molecule has 0 radical (unpaired) electrons. The fourth-order valence-corrected chi connectivity index (χ4v) is 3.71. The summed E-state index contributed by atoms with van der Waals surface area (Å²) in [6.45, 7) is 3.86. The van der Waals surface area contributed by atoms with E-state index in [0.29, 0.717) is 22.4 Å². The van der Waals surface area contributed by atoms with Crippen LogP contribution in [0.25, 0.3) is 0 Å². The highest BCUT2D eigenvalue weighted by Gasteiger charge is 2.18. The van der Waals surface area contributed by atoms with Crippen LogP contribution in [0, 0.1) is 0 Å². The maximum absolute atomic E-state index is 12.7. The normalized spacial score (nSPS) is 11.1. The van der Waals surface area contributed by atoms with Crippen LogP contribution in [0.1, 0.15) is 20.3 Å². The predicted octanol–water partition coefficient (Wildman–Crippen LogP) is 4.54. The van der Waals surface area contributed by atoms with Crippen LogP contribution < -0.4 is 14.8 Å². The van der Waals surface area contributed by atoms with E-state index in [4.69, 9.17) is 27.9 Å². The number of ether oxygens (including phenoxy) is 1. The van der Waals surface area contributed by atoms with Gasteiger partial charge < -0.3 is 10.1 Å². The third-order valence-electron chi connectivity index (χ3n) is 3.27. The number of carbonyl (C=O) groups is 1. The highest BCUT2D eigenvalue weighted by Crippen LogP contribution is 2.30. The lowest BCUT2D eigenvalue weighted by molar-refractivity contribution is -0.115. The summed E-state index contributed by atoms with van der Waals surface area (Å²) in [5.74, 6) is 0.133. The Morgan fingerprint density at radius 1 is 1.08 bits per heavy atom. The van der Waals surface area contributed by atoms with E-state index < -0.39 is 10.0 Å². The van der Waals surface area contributed by atoms with Crippen molar-refractivity contribution in [3.63, 3.8) is 0 Å². The number of hydrogen-bond acceptors (Lipinski definition) is 4. The highest BCUT2D eigenvalue weighted by atomic mass is 35.5. The quantitative estimate of drug-likeness (QED) is 0.693. The van der Waals surface area contributed by atoms with Crippen LogP contribution >= 0.6 is 23.2 Å². The van der Waals surface area contributed by atoms with Crippen molar-refractivity contribution in [2.75, 3.05) is 16.6 Å². The second-order valence-corrected chi connectivity index (χ2v) is 7.81. The average Bonchev–Trinajstić information content (AvgIpc) is 2.55. The van der Waals surface area contributed by atoms with Gasteiger partial charge in [0.25, 0.3) is 10.0 Å². The van der Waals surface area contributed by atoms with Gasteiger partial charge in [0.05, 0.1) is 22.9 Å². The summed E-state index contributed by atoms with van der Waals surface area (Å²) in [4.78, 5) is 11.7. The fraction of sp³-hybridized carbons (Fsp3) is 0.235. The molecule has 0 saturated carbocycles. The van der Waals surface area contributed by atoms with Crippen LogP contribution in [-0.4, -0.2) is 20.9 Å². The van der Waals surface area contributed by atoms with Crippen molar-refractivity contribution in [3.05, 3.63) is 46.4 Å². The monoisotopic (exact) mass is 416 g/mol. The molecule has 2 aromatic rings. The van der Waals surface area contributed by atoms with Gasteiger partial charge in [-0.2, -0.15) is 0 Å². The summed E-state index contributed by atoms with van der Waals surface area (Å²) in [6, 6.07) is 8.61. The standard InChI is InChI=1S/C17H18Cl2N2O4S/c1-3-17(22)20-15-10-14(5-6-16(15)25-4-2)26(23,24)21-13-8-11(18)7-12(19)9-13/h5-10,21H,3-4H2,1-2H3,(H,20,22). The molecule has 0 aliphatic carbocycles. The van der Waals surface area contributed by atoms with Crippen LogP contribution in [0.5, 0.6) is 5.75 Å². The van der Waals surface area contributed by atoms with Crippen molar-refractivity contribution >= 4 is 50.5 Å². The lowest BCUT2D eigenvalue weighted by Gasteiger charge is -2.14. The Kier molecular flexibility index (Phi) is 6.75. The topological polar surface area (TPSA) is 84.5 Å². The predicted molar refractivity (Wildman–Crippen MR) is 104 cm³/mol. The summed E-state index contributed by atoms with van der Waals surface area (Å²) in [7, 11) is -3.92. The van der Waals surface area contributed by atoms with Crippen LogP contribution in [0.4, 0.5) is 11.4 Å². The zero-order valence-electron chi connectivity index (χ0n) is 14.2. The van der Waals surface area contributed by atoms with Gasteiger partial charge in [0.15, 0.2) is 0 Å². The summed E-state index contributed by atoms with van der Waals surface area (Å²) >= 11 is 11.8. The maximum Gasteiger partial charge on any atom is 0.261 e. The van der Waals surface area contributed by atoms with E-state index in [9.17, 15) is 13.2 Å². The smallest absolute Gasteiger partial charge is 0.261 e. The van der Waals surface area contributed by atoms with Gasteiger partial charge in [-0.05, 0) is 43.3 Å². The molecule has 0 heterocycles. The van der Waals surface area contributed by atoms with Gasteiger partial charge in [0, 0.05) is 16.5 Å². The number of sulfonamides is 1. The first-order chi connectivity index (χ1) is 12.2. The number of nitrogens with one attached hydrogen (secondary N) is 2. The van der Waals surface area contributed by atoms with E-state index in [2.05, 4.69) is 10.0 Å². The first-order valence-electron chi connectivity index (χ1n) is 7.80. The lowest BCUT2D eigenvalue weighted by atomic mass is 10.3. The van der Waals surface area contributed by atoms with Gasteiger partial charge in [0.2, 0.25) is 5.91 Å². The van der Waals surface area contributed by atoms with Crippen molar-refractivity contribution < 1.29 is 17.9 Å². The molecule has 0 saturated heterocycles. The first-order valence-corrected chi connectivity index (χ1v) is 10.0. The molecule has 140 valence electrons. The zero-order chi connectivity index (χ0) is 19.3. The number of carbonyl (C=O) groups excluding carboxylic acids is 1. The third-order valence-corrected chi connectivity index (χ3v) is 5.09. The number of hydrogen-bond donors (Lipinski definition) is 2. The number of anilines is 2. The van der Waals surface area contributed by atoms with Crippen LogP contribution in [-0.2, 0) is 14.8 Å². The third kappa shape index (κ3) is 5.27. The molecule has 0 spiro atoms. The van der Waals surface area contributed by atoms with E-state index in [0.717, 1.165) is 0 Å². The molecule has 1 amide bonds. The summed E-state index contributed by atoms with van der Waals surface area (Å²) in [5, 5.41) is 3.25. The molecule has 0 atom stereocenters. The summed E-state index contributed by atoms with van der Waals surface area (Å²) in [5.41, 5.74) is 0.515. The summed E-state index contributed by atoms with van der Waals surface area (Å²) < 4.78 is 33.1. The SMILES string of the molecule is CCOc1ccc(S(=O)(=O)Nc2cc(Cl)cc(Cl)c2)cc1NC(=O)CC. The minimum absolute atomic E-state index is 0.0385. The second-order valence-electron chi connectivity index (χ2n) is 5.26. The molecule has 0 aromatic heterocycles. The molecule has 2 aromatic carbocycles. The van der Waals surface area contributed by atoms with E-state index in [1.54, 1.807) is 13.8 Å². The Morgan fingerprint density at radius 2 is 1.73 bits per heavy atom. The molecule has 9 heteroatoms. The molecule has 0 bridgehead atoms. The van der Waals surface area contributed by atoms with E-state index in [-0.39, 0.29) is 28.6 Å². The Balaban J connectivity index is 2.38. The molecule has 26 heavy (non-hydrogen) atoms. The molecular formula is C17H18Cl2N2O4S. The summed E-state index contributed by atoms with van der Waals surface area (Å²) in [6.07, 6.45) is 0.252. The second kappa shape index (κ2) is 8.62. The molecule has 0 fully saturated rings. The van der Waals surface area contributed by atoms with Gasteiger partial charge in [-0.25, -0.2) is 8.42 Å². The Bertz CT molecular complexity index is 897. The highest BCUT2D eigenvalue weighted by molar-refractivity contribution is 7.92. The van der Waals surface area contributed by atoms with Crippen molar-refractivity contribution in [1.82, 2.24) is 0 Å². The molecule has 0 aliphatic rings. The lowest BCUT2D eigenvalue weighted by Crippen LogP contribution is -2.15. The largest absolute Gasteiger partial charge is 0.492 e. The Hall–Kier alpha value is -1.96. The Labute approximate surface area is 162 Å². The zero-order valence-corrected chi connectivity index (χ0v) is 16.5. The maximum atomic E-state index is 12.7. The van der Waals surface area contributed by atoms with Crippen molar-refractivity contribution in [3.8, 4) is 5.75 Å². The molecule has 2 N–H and O–H groups in total. The molecule has 2 rings (SSSR count). The fourth-order valence-electron chi connectivity index (χ4n) is 2.12. The number of amides is 1. The van der Waals surface area contributed by atoms with Crippen molar-refractivity contribution in [2.24, 2.45) is 0 Å². The van der Waals surface area contributed by atoms with Crippen LogP contribution in [0.3, 0.4) is 0 Å². The minimum atomic E-state index is -3.92. The molecular weight excluding hydrogens is 399 g/mol. The average molecular weight is 417 g/mol. The number of benzene rings is 2. The van der Waals surface area contributed by atoms with Crippen LogP contribution in [0.2, 0.25) is 10.0 Å². The van der Waals surface area contributed by atoms with E-state index >= 15 is 0 Å². The van der Waals surface area contributed by atoms with Crippen molar-refractivity contribution in [2.45, 2.75) is 25.2 Å². The van der Waals surface area contributed by atoms with Gasteiger partial charge in [0.1, 0.15) is 5.75 Å². The van der Waals surface area contributed by atoms with Gasteiger partial charge in [-0.3, -0.25) is 9.52 Å². The molecule has 0 aliphatic heterocycles. The molecule has 0 unspecified atom stereocenters.